The van der Waals surface area contributed by atoms with Gasteiger partial charge in [-0.05, 0) is 81.4 Å². The fraction of sp³-hybridized carbons (Fsp3) is 0.654. The average molecular weight is 425 g/mol. The van der Waals surface area contributed by atoms with Crippen molar-refractivity contribution in [3.05, 3.63) is 30.0 Å². The molecule has 2 saturated carbocycles. The molecule has 1 amide bonds. The summed E-state index contributed by atoms with van der Waals surface area (Å²) >= 11 is 0. The largest absolute Gasteiger partial charge is 0.490 e. The summed E-state index contributed by atoms with van der Waals surface area (Å²) in [7, 11) is 0. The summed E-state index contributed by atoms with van der Waals surface area (Å²) in [6.07, 6.45) is 8.59. The summed E-state index contributed by atoms with van der Waals surface area (Å²) in [4.78, 5) is 19.0. The Hall–Kier alpha value is -2.01. The zero-order valence-corrected chi connectivity index (χ0v) is 19.3. The number of hydrogen-bond acceptors (Lipinski definition) is 3. The quantitative estimate of drug-likeness (QED) is 0.699. The van der Waals surface area contributed by atoms with Crippen molar-refractivity contribution < 1.29 is 14.6 Å². The molecule has 2 aromatic rings. The van der Waals surface area contributed by atoms with Gasteiger partial charge in [0.05, 0.1) is 11.7 Å². The standard InChI is InChI=1S/C26H36N2O3/c1-16(20-14-27-21-6-5-7-22(24(20)21)31-19-8-9-19)10-23(29)28-17(2)11-25(3)12-18(28)13-26(4,30)15-25/h5-7,14,16-19,27,30H,8-13,15H2,1-4H3. The molecule has 2 bridgehead atoms. The molecule has 2 N–H and O–H groups in total. The van der Waals surface area contributed by atoms with Gasteiger partial charge in [0, 0.05) is 35.6 Å². The molecule has 31 heavy (non-hydrogen) atoms. The fourth-order valence-corrected chi connectivity index (χ4v) is 6.69. The Balaban J connectivity index is 1.37. The van der Waals surface area contributed by atoms with Gasteiger partial charge < -0.3 is 19.7 Å². The third kappa shape index (κ3) is 3.97. The molecule has 168 valence electrons. The molecule has 5 unspecified atom stereocenters. The minimum Gasteiger partial charge on any atom is -0.490 e. The van der Waals surface area contributed by atoms with Gasteiger partial charge in [-0.1, -0.05) is 19.9 Å². The number of rotatable bonds is 5. The van der Waals surface area contributed by atoms with E-state index in [1.54, 1.807) is 0 Å². The Morgan fingerprint density at radius 3 is 2.81 bits per heavy atom. The number of nitrogens with zero attached hydrogens (tertiary/aromatic N) is 1. The molecule has 0 radical (unpaired) electrons. The lowest BCUT2D eigenvalue weighted by Gasteiger charge is -2.56. The Morgan fingerprint density at radius 1 is 1.29 bits per heavy atom. The van der Waals surface area contributed by atoms with E-state index >= 15 is 0 Å². The van der Waals surface area contributed by atoms with Gasteiger partial charge in [0.1, 0.15) is 5.75 Å². The van der Waals surface area contributed by atoms with E-state index in [9.17, 15) is 9.90 Å². The second kappa shape index (κ2) is 7.26. The normalized spacial score (nSPS) is 34.0. The Labute approximate surface area is 185 Å². The van der Waals surface area contributed by atoms with Crippen molar-refractivity contribution >= 4 is 16.8 Å². The van der Waals surface area contributed by atoms with Crippen LogP contribution in [0.25, 0.3) is 10.9 Å². The number of H-pyrrole nitrogens is 1. The second-order valence-electron chi connectivity index (χ2n) is 11.2. The lowest BCUT2D eigenvalue weighted by atomic mass is 9.61. The number of benzene rings is 1. The first-order chi connectivity index (χ1) is 14.6. The van der Waals surface area contributed by atoms with Crippen molar-refractivity contribution in [1.29, 1.82) is 0 Å². The molecule has 5 atom stereocenters. The molecular formula is C26H36N2O3. The van der Waals surface area contributed by atoms with Crippen molar-refractivity contribution in [2.75, 3.05) is 0 Å². The van der Waals surface area contributed by atoms with Crippen LogP contribution in [0.5, 0.6) is 5.75 Å². The molecule has 1 aromatic carbocycles. The fourth-order valence-electron chi connectivity index (χ4n) is 6.69. The van der Waals surface area contributed by atoms with E-state index in [0.29, 0.717) is 18.9 Å². The van der Waals surface area contributed by atoms with Gasteiger partial charge in [-0.2, -0.15) is 0 Å². The highest BCUT2D eigenvalue weighted by molar-refractivity contribution is 5.90. The summed E-state index contributed by atoms with van der Waals surface area (Å²) in [6.45, 7) is 8.54. The van der Waals surface area contributed by atoms with Crippen LogP contribution in [0.2, 0.25) is 0 Å². The van der Waals surface area contributed by atoms with Crippen molar-refractivity contribution in [2.45, 2.75) is 102 Å². The topological polar surface area (TPSA) is 65.6 Å². The first-order valence-electron chi connectivity index (χ1n) is 11.9. The zero-order chi connectivity index (χ0) is 22.0. The molecule has 5 heteroatoms. The monoisotopic (exact) mass is 424 g/mol. The minimum absolute atomic E-state index is 0.0924. The summed E-state index contributed by atoms with van der Waals surface area (Å²) in [6, 6.07) is 6.50. The van der Waals surface area contributed by atoms with Crippen LogP contribution >= 0.6 is 0 Å². The number of fused-ring (bicyclic) bond motifs is 3. The smallest absolute Gasteiger partial charge is 0.223 e. The molecule has 2 heterocycles. The predicted molar refractivity (Wildman–Crippen MR) is 122 cm³/mol. The van der Waals surface area contributed by atoms with E-state index in [-0.39, 0.29) is 29.3 Å². The SMILES string of the molecule is CC(CC(=O)N1C(C)CC2(C)CC1CC(C)(O)C2)c1c[nH]c2cccc(OC3CC3)c12. The highest BCUT2D eigenvalue weighted by atomic mass is 16.5. The molecule has 0 spiro atoms. The number of aromatic amines is 1. The highest BCUT2D eigenvalue weighted by Gasteiger charge is 2.50. The third-order valence-corrected chi connectivity index (χ3v) is 7.68. The maximum absolute atomic E-state index is 13.5. The maximum Gasteiger partial charge on any atom is 0.223 e. The van der Waals surface area contributed by atoms with Crippen LogP contribution in [0.15, 0.2) is 24.4 Å². The van der Waals surface area contributed by atoms with Gasteiger partial charge in [-0.3, -0.25) is 4.79 Å². The van der Waals surface area contributed by atoms with E-state index < -0.39 is 5.60 Å². The van der Waals surface area contributed by atoms with Crippen LogP contribution in [0.1, 0.15) is 84.1 Å². The zero-order valence-electron chi connectivity index (χ0n) is 19.3. The summed E-state index contributed by atoms with van der Waals surface area (Å²) in [5.41, 5.74) is 1.66. The Kier molecular flexibility index (Phi) is 4.89. The number of ether oxygens (including phenoxy) is 1. The maximum atomic E-state index is 13.5. The van der Waals surface area contributed by atoms with Crippen LogP contribution < -0.4 is 4.74 Å². The van der Waals surface area contributed by atoms with Crippen LogP contribution in [0, 0.1) is 5.41 Å². The first-order valence-corrected chi connectivity index (χ1v) is 11.9. The molecule has 5 nitrogen and oxygen atoms in total. The predicted octanol–water partition coefficient (Wildman–Crippen LogP) is 5.13. The van der Waals surface area contributed by atoms with E-state index in [4.69, 9.17) is 4.74 Å². The van der Waals surface area contributed by atoms with Gasteiger partial charge in [-0.25, -0.2) is 0 Å². The van der Waals surface area contributed by atoms with Gasteiger partial charge in [0.25, 0.3) is 0 Å². The second-order valence-corrected chi connectivity index (χ2v) is 11.2. The summed E-state index contributed by atoms with van der Waals surface area (Å²) in [5.74, 6) is 1.23. The number of carbonyl (C=O) groups excluding carboxylic acids is 1. The molecule has 3 fully saturated rings. The van der Waals surface area contributed by atoms with Crippen LogP contribution in [0.4, 0.5) is 0 Å². The third-order valence-electron chi connectivity index (χ3n) is 7.68. The lowest BCUT2D eigenvalue weighted by molar-refractivity contribution is -0.154. The number of aromatic nitrogens is 1. The van der Waals surface area contributed by atoms with Crippen LogP contribution in [0.3, 0.4) is 0 Å². The highest BCUT2D eigenvalue weighted by Crippen LogP contribution is 2.50. The van der Waals surface area contributed by atoms with Gasteiger partial charge in [0.2, 0.25) is 5.91 Å². The van der Waals surface area contributed by atoms with Gasteiger partial charge in [-0.15, -0.1) is 0 Å². The lowest BCUT2D eigenvalue weighted by Crippen LogP contribution is -2.60. The number of piperidine rings is 1. The Bertz CT molecular complexity index is 986. The molecule has 3 aliphatic rings. The number of carbonyl (C=O) groups is 1. The van der Waals surface area contributed by atoms with E-state index in [0.717, 1.165) is 54.3 Å². The summed E-state index contributed by atoms with van der Waals surface area (Å²) < 4.78 is 6.17. The molecular weight excluding hydrogens is 388 g/mol. The number of likely N-dealkylation sites (tertiary alicyclic amines) is 1. The molecule has 2 aliphatic carbocycles. The number of nitrogens with one attached hydrogen (secondary N) is 1. The molecule has 5 rings (SSSR count). The number of amides is 1. The molecule has 1 saturated heterocycles. The van der Waals surface area contributed by atoms with Crippen molar-refractivity contribution in [1.82, 2.24) is 9.88 Å². The van der Waals surface area contributed by atoms with Gasteiger partial charge >= 0.3 is 0 Å². The number of hydrogen-bond donors (Lipinski definition) is 2. The summed E-state index contributed by atoms with van der Waals surface area (Å²) in [5, 5.41) is 12.0. The van der Waals surface area contributed by atoms with E-state index in [1.807, 2.05) is 25.3 Å². The van der Waals surface area contributed by atoms with E-state index in [2.05, 4.69) is 36.7 Å². The van der Waals surface area contributed by atoms with Crippen molar-refractivity contribution in [3.63, 3.8) is 0 Å². The average Bonchev–Trinajstić information content (AvgIpc) is 3.34. The van der Waals surface area contributed by atoms with E-state index in [1.165, 1.54) is 0 Å². The minimum atomic E-state index is -0.687. The van der Waals surface area contributed by atoms with Crippen molar-refractivity contribution in [3.8, 4) is 5.75 Å². The molecule has 1 aliphatic heterocycles. The molecule has 1 aromatic heterocycles. The first kappa shape index (κ1) is 20.9. The van der Waals surface area contributed by atoms with Crippen LogP contribution in [-0.2, 0) is 4.79 Å². The Morgan fingerprint density at radius 2 is 2.06 bits per heavy atom. The van der Waals surface area contributed by atoms with Gasteiger partial charge in [0.15, 0.2) is 0 Å². The number of aliphatic hydroxyl groups is 1. The van der Waals surface area contributed by atoms with Crippen molar-refractivity contribution in [2.24, 2.45) is 5.41 Å². The van der Waals surface area contributed by atoms with Crippen LogP contribution in [-0.4, -0.2) is 44.7 Å².